The van der Waals surface area contributed by atoms with Crippen LogP contribution in [0.15, 0.2) is 27.2 Å². The van der Waals surface area contributed by atoms with Gasteiger partial charge < -0.3 is 4.74 Å². The molecule has 0 atom stereocenters. The fraction of sp³-hybridized carbons (Fsp3) is 0.167. The molecule has 11 heavy (non-hydrogen) atoms. The summed E-state index contributed by atoms with van der Waals surface area (Å²) in [5, 5.41) is 10.9. The Balaban J connectivity index is 2.99. The summed E-state index contributed by atoms with van der Waals surface area (Å²) in [5.74, 6) is -0.434. The lowest BCUT2D eigenvalue weighted by atomic mass is 10.5. The number of hydrogen-bond donors (Lipinski definition) is 0. The van der Waals surface area contributed by atoms with Crippen molar-refractivity contribution in [2.45, 2.75) is 0 Å². The molecule has 1 rings (SSSR count). The third-order valence-corrected chi connectivity index (χ3v) is 2.81. The van der Waals surface area contributed by atoms with Crippen LogP contribution in [0.5, 0.6) is 0 Å². The summed E-state index contributed by atoms with van der Waals surface area (Å²) in [6.07, 6.45) is 1.59. The zero-order valence-corrected chi connectivity index (χ0v) is 8.77. The molecule has 0 N–H and O–H groups in total. The van der Waals surface area contributed by atoms with Crippen molar-refractivity contribution in [1.29, 1.82) is 0 Å². The van der Waals surface area contributed by atoms with Gasteiger partial charge in [0, 0.05) is 0 Å². The lowest BCUT2D eigenvalue weighted by molar-refractivity contribution is 0.0828. The van der Waals surface area contributed by atoms with E-state index < -0.39 is 5.95 Å². The van der Waals surface area contributed by atoms with Crippen molar-refractivity contribution in [3.63, 3.8) is 0 Å². The Morgan fingerprint density at radius 2 is 2.27 bits per heavy atom. The first-order chi connectivity index (χ1) is 5.15. The van der Waals surface area contributed by atoms with Gasteiger partial charge in [-0.25, -0.2) is 10.1 Å². The van der Waals surface area contributed by atoms with E-state index in [1.54, 1.807) is 6.08 Å². The predicted octanol–water partition coefficient (Wildman–Crippen LogP) is 2.32. The zero-order valence-electron chi connectivity index (χ0n) is 5.60. The van der Waals surface area contributed by atoms with Gasteiger partial charge in [-0.15, -0.1) is 0 Å². The summed E-state index contributed by atoms with van der Waals surface area (Å²) in [7, 11) is 1.32. The van der Waals surface area contributed by atoms with Gasteiger partial charge in [-0.3, -0.25) is 0 Å². The molecule has 3 nitrogen and oxygen atoms in total. The molecule has 0 fully saturated rings. The molecule has 0 bridgehead atoms. The van der Waals surface area contributed by atoms with E-state index in [9.17, 15) is 5.11 Å². The van der Waals surface area contributed by atoms with Crippen LogP contribution in [-0.2, 0) is 9.84 Å². The summed E-state index contributed by atoms with van der Waals surface area (Å²) in [6, 6.07) is 0. The normalized spacial score (nSPS) is 21.0. The molecule has 0 unspecified atom stereocenters. The third kappa shape index (κ3) is 1.84. The van der Waals surface area contributed by atoms with E-state index in [1.807, 2.05) is 0 Å². The fourth-order valence-electron chi connectivity index (χ4n) is 0.580. The maximum atomic E-state index is 10.9. The van der Waals surface area contributed by atoms with E-state index >= 15 is 0 Å². The smallest absolute Gasteiger partial charge is 0.356 e. The summed E-state index contributed by atoms with van der Waals surface area (Å²) in [6.45, 7) is 0. The van der Waals surface area contributed by atoms with Gasteiger partial charge >= 0.3 is 5.95 Å². The van der Waals surface area contributed by atoms with E-state index in [4.69, 9.17) is 0 Å². The predicted molar refractivity (Wildman–Crippen MR) is 48.1 cm³/mol. The second-order valence-corrected chi connectivity index (χ2v) is 3.38. The maximum Gasteiger partial charge on any atom is 0.356 e. The molecule has 1 radical (unpaired) electrons. The van der Waals surface area contributed by atoms with Gasteiger partial charge in [-0.1, -0.05) is 0 Å². The van der Waals surface area contributed by atoms with Gasteiger partial charge in [-0.2, -0.15) is 0 Å². The maximum absolute atomic E-state index is 10.9. The quantitative estimate of drug-likeness (QED) is 0.680. The van der Waals surface area contributed by atoms with Gasteiger partial charge in [0.2, 0.25) is 0 Å². The third-order valence-electron chi connectivity index (χ3n) is 1.07. The number of aliphatic imine (C=N–C) groups is 1. The van der Waals surface area contributed by atoms with Crippen LogP contribution in [0.1, 0.15) is 0 Å². The summed E-state index contributed by atoms with van der Waals surface area (Å²) in [5.41, 5.74) is 0.297. The summed E-state index contributed by atoms with van der Waals surface area (Å²) < 4.78 is 5.82. The topological polar surface area (TPSA) is 41.5 Å². The molecule has 5 heteroatoms. The summed E-state index contributed by atoms with van der Waals surface area (Å²) in [4.78, 5) is 3.88. The lowest BCUT2D eigenvalue weighted by Gasteiger charge is -1.92. The first-order valence-electron chi connectivity index (χ1n) is 2.72. The molecule has 1 heterocycles. The van der Waals surface area contributed by atoms with E-state index in [-0.39, 0.29) is 0 Å². The molecule has 1 aliphatic heterocycles. The summed E-state index contributed by atoms with van der Waals surface area (Å²) >= 11 is 6.34. The highest BCUT2D eigenvalue weighted by atomic mass is 79.9. The second-order valence-electron chi connectivity index (χ2n) is 1.77. The van der Waals surface area contributed by atoms with Crippen LogP contribution in [0.2, 0.25) is 0 Å². The zero-order chi connectivity index (χ0) is 8.43. The molecular formula is C6H4Br2NO2. The molecule has 0 saturated heterocycles. The van der Waals surface area contributed by atoms with Crippen LogP contribution in [0.25, 0.3) is 0 Å². The average Bonchev–Trinajstić information content (AvgIpc) is 2.31. The average molecular weight is 282 g/mol. The van der Waals surface area contributed by atoms with Gasteiger partial charge in [0.05, 0.1) is 11.6 Å². The standard InChI is InChI=1S/C6H4Br2NO2/c1-11-6(10)4-2-3(7)5(8)9-4/h2H,1H3. The van der Waals surface area contributed by atoms with Crippen LogP contribution in [0.4, 0.5) is 0 Å². The van der Waals surface area contributed by atoms with Crippen molar-refractivity contribution in [2.24, 2.45) is 4.99 Å². The van der Waals surface area contributed by atoms with Crippen LogP contribution in [0.3, 0.4) is 0 Å². The lowest BCUT2D eigenvalue weighted by Crippen LogP contribution is -1.85. The van der Waals surface area contributed by atoms with Crippen LogP contribution in [-0.4, -0.2) is 11.7 Å². The molecule has 0 aromatic carbocycles. The van der Waals surface area contributed by atoms with Crippen LogP contribution < -0.4 is 0 Å². The van der Waals surface area contributed by atoms with Crippen molar-refractivity contribution in [3.8, 4) is 0 Å². The minimum atomic E-state index is -0.434. The molecule has 0 aliphatic carbocycles. The van der Waals surface area contributed by atoms with Crippen LogP contribution >= 0.6 is 31.9 Å². The molecule has 1 aliphatic rings. The van der Waals surface area contributed by atoms with Crippen molar-refractivity contribution >= 4 is 36.5 Å². The number of halogens is 2. The highest BCUT2D eigenvalue weighted by Gasteiger charge is 2.14. The molecular weight excluding hydrogens is 278 g/mol. The molecule has 0 amide bonds. The first kappa shape index (κ1) is 8.80. The monoisotopic (exact) mass is 280 g/mol. The fourth-order valence-corrected chi connectivity index (χ4v) is 1.19. The minimum Gasteiger partial charge on any atom is -0.464 e. The van der Waals surface area contributed by atoms with E-state index in [2.05, 4.69) is 41.6 Å². The molecule has 0 aromatic rings. The van der Waals surface area contributed by atoms with Crippen molar-refractivity contribution in [3.05, 3.63) is 22.2 Å². The van der Waals surface area contributed by atoms with E-state index in [1.165, 1.54) is 7.11 Å². The van der Waals surface area contributed by atoms with Gasteiger partial charge in [0.25, 0.3) is 0 Å². The molecule has 0 spiro atoms. The van der Waals surface area contributed by atoms with Gasteiger partial charge in [0.1, 0.15) is 4.62 Å². The SMILES string of the molecule is COC([O])=C1C=C(Br)C(Br)=N1. The number of rotatable bonds is 1. The second kappa shape index (κ2) is 3.40. The number of allylic oxidation sites excluding steroid dienone is 2. The Morgan fingerprint density at radius 3 is 2.64 bits per heavy atom. The largest absolute Gasteiger partial charge is 0.464 e. The van der Waals surface area contributed by atoms with Crippen LogP contribution in [0, 0.1) is 0 Å². The van der Waals surface area contributed by atoms with Crippen molar-refractivity contribution in [1.82, 2.24) is 0 Å². The number of nitrogens with zero attached hydrogens (tertiary/aromatic N) is 1. The number of ether oxygens (including phenoxy) is 1. The Labute approximate surface area is 80.7 Å². The Hall–Kier alpha value is -0.290. The van der Waals surface area contributed by atoms with Crippen molar-refractivity contribution < 1.29 is 9.84 Å². The highest BCUT2D eigenvalue weighted by Crippen LogP contribution is 2.25. The Bertz CT molecular complexity index is 248. The van der Waals surface area contributed by atoms with E-state index in [0.717, 1.165) is 4.48 Å². The Morgan fingerprint density at radius 1 is 1.64 bits per heavy atom. The first-order valence-corrected chi connectivity index (χ1v) is 4.31. The molecule has 0 aromatic heterocycles. The van der Waals surface area contributed by atoms with Gasteiger partial charge in [0.15, 0.2) is 5.70 Å². The van der Waals surface area contributed by atoms with E-state index in [0.29, 0.717) is 10.3 Å². The molecule has 59 valence electrons. The Kier molecular flexibility index (Phi) is 2.72. The van der Waals surface area contributed by atoms with Crippen molar-refractivity contribution in [2.75, 3.05) is 7.11 Å². The number of methoxy groups -OCH3 is 1. The highest BCUT2D eigenvalue weighted by molar-refractivity contribution is 9.20. The van der Waals surface area contributed by atoms with Gasteiger partial charge in [-0.05, 0) is 37.9 Å². The number of hydrogen-bond acceptors (Lipinski definition) is 2. The molecule has 0 saturated carbocycles. The minimum absolute atomic E-state index is 0.297.